The van der Waals surface area contributed by atoms with Crippen molar-refractivity contribution in [3.8, 4) is 67.3 Å². The molecule has 0 fully saturated rings. The third kappa shape index (κ3) is 6.10. The average molecular weight is 801 g/mol. The topological polar surface area (TPSA) is 25.8 Å². The summed E-state index contributed by atoms with van der Waals surface area (Å²) in [7, 11) is 0. The summed E-state index contributed by atoms with van der Waals surface area (Å²) in [6.07, 6.45) is 0. The standard InChI is InChI=1S/C61H40N2/c1-4-16-41(17-5-1)43-28-31-44(32-29-43)58-40-59(47-33-30-42-18-10-11-19-45(42)38-47)63-60(62-58)54-36-35-50(51-24-12-13-25-52(51)54)46-34-37-57-55(39-46)53-26-14-15-27-56(53)61(57,48-20-6-2-7-21-48)49-22-8-3-9-23-49/h1-40H. The summed E-state index contributed by atoms with van der Waals surface area (Å²) in [6, 6.07) is 87.7. The molecule has 0 N–H and O–H groups in total. The Balaban J connectivity index is 1.02. The van der Waals surface area contributed by atoms with Crippen molar-refractivity contribution in [3.63, 3.8) is 0 Å². The van der Waals surface area contributed by atoms with E-state index in [1.807, 2.05) is 0 Å². The predicted molar refractivity (Wildman–Crippen MR) is 262 cm³/mol. The van der Waals surface area contributed by atoms with Crippen LogP contribution in [-0.2, 0) is 5.41 Å². The maximum atomic E-state index is 5.36. The van der Waals surface area contributed by atoms with Gasteiger partial charge in [0.2, 0.25) is 0 Å². The molecule has 1 aliphatic carbocycles. The third-order valence-corrected chi connectivity index (χ3v) is 13.0. The van der Waals surface area contributed by atoms with E-state index in [9.17, 15) is 0 Å². The molecule has 0 radical (unpaired) electrons. The largest absolute Gasteiger partial charge is 0.228 e. The van der Waals surface area contributed by atoms with E-state index in [0.717, 1.165) is 38.9 Å². The molecule has 0 saturated carbocycles. The summed E-state index contributed by atoms with van der Waals surface area (Å²) in [5.74, 6) is 0.698. The molecule has 0 atom stereocenters. The van der Waals surface area contributed by atoms with E-state index >= 15 is 0 Å². The lowest BCUT2D eigenvalue weighted by Crippen LogP contribution is -2.28. The lowest BCUT2D eigenvalue weighted by atomic mass is 9.67. The van der Waals surface area contributed by atoms with Gasteiger partial charge in [0.1, 0.15) is 0 Å². The van der Waals surface area contributed by atoms with Gasteiger partial charge in [-0.15, -0.1) is 0 Å². The summed E-state index contributed by atoms with van der Waals surface area (Å²) in [6.45, 7) is 0. The van der Waals surface area contributed by atoms with Gasteiger partial charge >= 0.3 is 0 Å². The first-order chi connectivity index (χ1) is 31.2. The average Bonchev–Trinajstić information content (AvgIpc) is 3.67. The van der Waals surface area contributed by atoms with Gasteiger partial charge in [-0.25, -0.2) is 9.97 Å². The van der Waals surface area contributed by atoms with Gasteiger partial charge in [0.25, 0.3) is 0 Å². The number of hydrogen-bond donors (Lipinski definition) is 0. The van der Waals surface area contributed by atoms with E-state index in [1.165, 1.54) is 66.4 Å². The summed E-state index contributed by atoms with van der Waals surface area (Å²) >= 11 is 0. The van der Waals surface area contributed by atoms with Crippen LogP contribution in [0, 0.1) is 0 Å². The number of hydrogen-bond acceptors (Lipinski definition) is 2. The highest BCUT2D eigenvalue weighted by Gasteiger charge is 2.46. The summed E-state index contributed by atoms with van der Waals surface area (Å²) in [5.41, 5.74) is 16.8. The molecule has 0 saturated heterocycles. The fraction of sp³-hybridized carbons (Fsp3) is 0.0164. The quantitative estimate of drug-likeness (QED) is 0.160. The zero-order valence-electron chi connectivity index (χ0n) is 34.5. The molecule has 2 heteroatoms. The normalized spacial score (nSPS) is 12.6. The third-order valence-electron chi connectivity index (χ3n) is 13.0. The van der Waals surface area contributed by atoms with Gasteiger partial charge < -0.3 is 0 Å². The molecule has 12 rings (SSSR count). The molecule has 1 aliphatic rings. The lowest BCUT2D eigenvalue weighted by Gasteiger charge is -2.33. The van der Waals surface area contributed by atoms with Crippen molar-refractivity contribution in [2.45, 2.75) is 5.41 Å². The van der Waals surface area contributed by atoms with Gasteiger partial charge in [0.05, 0.1) is 16.8 Å². The van der Waals surface area contributed by atoms with Gasteiger partial charge in [-0.3, -0.25) is 0 Å². The number of nitrogens with zero attached hydrogens (tertiary/aromatic N) is 2. The predicted octanol–water partition coefficient (Wildman–Crippen LogP) is 15.5. The number of fused-ring (bicyclic) bond motifs is 5. The Hall–Kier alpha value is -8.20. The first-order valence-electron chi connectivity index (χ1n) is 21.6. The van der Waals surface area contributed by atoms with Crippen LogP contribution in [0.1, 0.15) is 22.3 Å². The van der Waals surface area contributed by atoms with Crippen molar-refractivity contribution in [2.75, 3.05) is 0 Å². The summed E-state index contributed by atoms with van der Waals surface area (Å²) < 4.78 is 0. The van der Waals surface area contributed by atoms with E-state index in [2.05, 4.69) is 243 Å². The van der Waals surface area contributed by atoms with E-state index in [1.54, 1.807) is 0 Å². The van der Waals surface area contributed by atoms with Crippen LogP contribution in [0.4, 0.5) is 0 Å². The van der Waals surface area contributed by atoms with Gasteiger partial charge in [0, 0.05) is 16.7 Å². The SMILES string of the molecule is c1ccc(-c2ccc(-c3cc(-c4ccc5ccccc5c4)nc(-c4ccc(-c5ccc6c(c5)-c5ccccc5C6(c5ccccc5)c5ccccc5)c5ccccc45)n3)cc2)cc1. The minimum Gasteiger partial charge on any atom is -0.228 e. The second-order valence-electron chi connectivity index (χ2n) is 16.5. The van der Waals surface area contributed by atoms with Crippen LogP contribution in [0.3, 0.4) is 0 Å². The molecule has 11 aromatic rings. The molecule has 0 aliphatic heterocycles. The summed E-state index contributed by atoms with van der Waals surface area (Å²) in [5, 5.41) is 4.65. The maximum absolute atomic E-state index is 5.36. The second-order valence-corrected chi connectivity index (χ2v) is 16.5. The minimum absolute atomic E-state index is 0.439. The highest BCUT2D eigenvalue weighted by Crippen LogP contribution is 2.56. The zero-order valence-corrected chi connectivity index (χ0v) is 34.5. The number of benzene rings is 10. The molecular weight excluding hydrogens is 761 g/mol. The van der Waals surface area contributed by atoms with Gasteiger partial charge in [-0.1, -0.05) is 218 Å². The van der Waals surface area contributed by atoms with E-state index in [-0.39, 0.29) is 0 Å². The molecular formula is C61H40N2. The van der Waals surface area contributed by atoms with Crippen molar-refractivity contribution in [1.29, 1.82) is 0 Å². The Morgan fingerprint density at radius 3 is 1.51 bits per heavy atom. The Kier molecular flexibility index (Phi) is 8.76. The fourth-order valence-corrected chi connectivity index (χ4v) is 10.0. The monoisotopic (exact) mass is 800 g/mol. The number of rotatable bonds is 7. The van der Waals surface area contributed by atoms with E-state index in [4.69, 9.17) is 9.97 Å². The smallest absolute Gasteiger partial charge is 0.161 e. The van der Waals surface area contributed by atoms with Crippen molar-refractivity contribution in [1.82, 2.24) is 9.97 Å². The van der Waals surface area contributed by atoms with Crippen LogP contribution in [0.15, 0.2) is 243 Å². The molecule has 1 heterocycles. The van der Waals surface area contributed by atoms with Crippen molar-refractivity contribution < 1.29 is 0 Å². The van der Waals surface area contributed by atoms with Crippen LogP contribution in [0.5, 0.6) is 0 Å². The zero-order chi connectivity index (χ0) is 41.7. The Morgan fingerprint density at radius 2 is 0.778 bits per heavy atom. The molecule has 294 valence electrons. The van der Waals surface area contributed by atoms with Crippen LogP contribution >= 0.6 is 0 Å². The van der Waals surface area contributed by atoms with Gasteiger partial charge in [0.15, 0.2) is 5.82 Å². The van der Waals surface area contributed by atoms with Gasteiger partial charge in [-0.05, 0) is 101 Å². The second kappa shape index (κ2) is 15.1. The van der Waals surface area contributed by atoms with E-state index < -0.39 is 5.41 Å². The molecule has 0 amide bonds. The molecule has 10 aromatic carbocycles. The number of aromatic nitrogens is 2. The highest BCUT2D eigenvalue weighted by atomic mass is 14.9. The van der Waals surface area contributed by atoms with Crippen molar-refractivity contribution in [3.05, 3.63) is 265 Å². The van der Waals surface area contributed by atoms with Crippen LogP contribution < -0.4 is 0 Å². The molecule has 2 nitrogen and oxygen atoms in total. The minimum atomic E-state index is -0.439. The molecule has 1 aromatic heterocycles. The van der Waals surface area contributed by atoms with E-state index in [0.29, 0.717) is 5.82 Å². The molecule has 0 spiro atoms. The molecule has 63 heavy (non-hydrogen) atoms. The van der Waals surface area contributed by atoms with Crippen LogP contribution in [0.25, 0.3) is 88.8 Å². The molecule has 0 unspecified atom stereocenters. The van der Waals surface area contributed by atoms with Crippen molar-refractivity contribution >= 4 is 21.5 Å². The first kappa shape index (κ1) is 36.6. The van der Waals surface area contributed by atoms with Crippen molar-refractivity contribution in [2.24, 2.45) is 0 Å². The molecule has 0 bridgehead atoms. The fourth-order valence-electron chi connectivity index (χ4n) is 10.0. The lowest BCUT2D eigenvalue weighted by molar-refractivity contribution is 0.768. The maximum Gasteiger partial charge on any atom is 0.161 e. The highest BCUT2D eigenvalue weighted by molar-refractivity contribution is 6.05. The Labute approximate surface area is 367 Å². The van der Waals surface area contributed by atoms with Crippen LogP contribution in [0.2, 0.25) is 0 Å². The van der Waals surface area contributed by atoms with Crippen LogP contribution in [-0.4, -0.2) is 9.97 Å². The first-order valence-corrected chi connectivity index (χ1v) is 21.6. The van der Waals surface area contributed by atoms with Gasteiger partial charge in [-0.2, -0.15) is 0 Å². The Bertz CT molecular complexity index is 3440. The Morgan fingerprint density at radius 1 is 0.270 bits per heavy atom. The summed E-state index contributed by atoms with van der Waals surface area (Å²) in [4.78, 5) is 10.7.